The molecule has 4 aromatic rings. The molecule has 0 aliphatic carbocycles. The van der Waals surface area contributed by atoms with Crippen LogP contribution < -0.4 is 0 Å². The Bertz CT molecular complexity index is 1180. The maximum atomic E-state index is 14.2. The zero-order valence-electron chi connectivity index (χ0n) is 16.5. The van der Waals surface area contributed by atoms with Crippen LogP contribution in [0.3, 0.4) is 0 Å². The van der Waals surface area contributed by atoms with E-state index in [0.29, 0.717) is 5.69 Å². The lowest BCUT2D eigenvalue weighted by molar-refractivity contribution is 0.580. The molecule has 2 heterocycles. The van der Waals surface area contributed by atoms with E-state index in [1.54, 1.807) is 6.07 Å². The van der Waals surface area contributed by atoms with Gasteiger partial charge in [-0.05, 0) is 68.8 Å². The smallest absolute Gasteiger partial charge is 0.135 e. The van der Waals surface area contributed by atoms with Gasteiger partial charge in [-0.1, -0.05) is 18.2 Å². The number of pyridine rings is 1. The largest absolute Gasteiger partial charge is 0.252 e. The standard InChI is InChI=1S/C24H21F2N3/c1-16-6-4-7-18(14-16)29-13-12-23(28-29)24(2,3)22-9-5-8-21(27-22)19-11-10-17(25)15-20(19)26/h4-15H,1-3H3. The molecule has 0 saturated carbocycles. The van der Waals surface area contributed by atoms with Crippen molar-refractivity contribution >= 4 is 0 Å². The lowest BCUT2D eigenvalue weighted by atomic mass is 9.85. The molecular formula is C24H21F2N3. The van der Waals surface area contributed by atoms with Gasteiger partial charge in [0, 0.05) is 17.8 Å². The van der Waals surface area contributed by atoms with E-state index in [9.17, 15) is 8.78 Å². The van der Waals surface area contributed by atoms with E-state index in [4.69, 9.17) is 5.10 Å². The van der Waals surface area contributed by atoms with E-state index in [1.165, 1.54) is 12.1 Å². The molecule has 0 fully saturated rings. The molecule has 0 bridgehead atoms. The van der Waals surface area contributed by atoms with Crippen molar-refractivity contribution in [3.63, 3.8) is 0 Å². The van der Waals surface area contributed by atoms with Gasteiger partial charge in [0.05, 0.1) is 28.2 Å². The minimum atomic E-state index is -0.629. The molecule has 3 nitrogen and oxygen atoms in total. The lowest BCUT2D eigenvalue weighted by Crippen LogP contribution is -2.22. The Morgan fingerprint density at radius 2 is 1.66 bits per heavy atom. The summed E-state index contributed by atoms with van der Waals surface area (Å²) in [6.45, 7) is 6.11. The zero-order valence-corrected chi connectivity index (χ0v) is 16.5. The van der Waals surface area contributed by atoms with E-state index in [2.05, 4.69) is 11.1 Å². The maximum absolute atomic E-state index is 14.2. The first kappa shape index (κ1) is 19.0. The number of aromatic nitrogens is 3. The fraction of sp³-hybridized carbons (Fsp3) is 0.167. The van der Waals surface area contributed by atoms with Crippen molar-refractivity contribution in [2.45, 2.75) is 26.2 Å². The number of hydrogen-bond donors (Lipinski definition) is 0. The van der Waals surface area contributed by atoms with Crippen molar-refractivity contribution < 1.29 is 8.78 Å². The average molecular weight is 389 g/mol. The number of nitrogens with zero attached hydrogens (tertiary/aromatic N) is 3. The molecule has 2 aromatic heterocycles. The summed E-state index contributed by atoms with van der Waals surface area (Å²) >= 11 is 0. The van der Waals surface area contributed by atoms with E-state index in [-0.39, 0.29) is 5.56 Å². The lowest BCUT2D eigenvalue weighted by Gasteiger charge is -2.22. The van der Waals surface area contributed by atoms with Crippen LogP contribution in [0.15, 0.2) is 72.9 Å². The van der Waals surface area contributed by atoms with Crippen LogP contribution in [-0.2, 0) is 5.41 Å². The Labute approximate surface area is 168 Å². The fourth-order valence-electron chi connectivity index (χ4n) is 3.33. The third-order valence-corrected chi connectivity index (χ3v) is 5.09. The van der Waals surface area contributed by atoms with Crippen molar-refractivity contribution in [3.8, 4) is 16.9 Å². The Kier molecular flexibility index (Phi) is 4.74. The minimum absolute atomic E-state index is 0.273. The Morgan fingerprint density at radius 3 is 2.41 bits per heavy atom. The van der Waals surface area contributed by atoms with Gasteiger partial charge in [-0.3, -0.25) is 4.98 Å². The number of aryl methyl sites for hydroxylation is 1. The third kappa shape index (κ3) is 3.68. The summed E-state index contributed by atoms with van der Waals surface area (Å²) in [4.78, 5) is 4.67. The molecule has 29 heavy (non-hydrogen) atoms. The van der Waals surface area contributed by atoms with Gasteiger partial charge in [-0.25, -0.2) is 13.5 Å². The van der Waals surface area contributed by atoms with Gasteiger partial charge in [-0.2, -0.15) is 5.10 Å². The first-order chi connectivity index (χ1) is 13.8. The Morgan fingerprint density at radius 1 is 0.862 bits per heavy atom. The second-order valence-electron chi connectivity index (χ2n) is 7.64. The number of hydrogen-bond acceptors (Lipinski definition) is 2. The summed E-state index contributed by atoms with van der Waals surface area (Å²) in [5.41, 5.74) is 4.00. The third-order valence-electron chi connectivity index (χ3n) is 5.09. The van der Waals surface area contributed by atoms with E-state index >= 15 is 0 Å². The van der Waals surface area contributed by atoms with Crippen LogP contribution in [0, 0.1) is 18.6 Å². The average Bonchev–Trinajstić information content (AvgIpc) is 3.19. The minimum Gasteiger partial charge on any atom is -0.252 e. The molecule has 0 spiro atoms. The summed E-state index contributed by atoms with van der Waals surface area (Å²) < 4.78 is 29.3. The molecule has 0 saturated heterocycles. The second-order valence-corrected chi connectivity index (χ2v) is 7.64. The highest BCUT2D eigenvalue weighted by Gasteiger charge is 2.28. The van der Waals surface area contributed by atoms with Crippen molar-refractivity contribution in [1.29, 1.82) is 0 Å². The molecule has 4 rings (SSSR count). The molecule has 0 unspecified atom stereocenters. The Hall–Kier alpha value is -3.34. The SMILES string of the molecule is Cc1cccc(-n2ccc(C(C)(C)c3cccc(-c4ccc(F)cc4F)n3)n2)c1. The van der Waals surface area contributed by atoms with Crippen LogP contribution in [-0.4, -0.2) is 14.8 Å². The van der Waals surface area contributed by atoms with Crippen molar-refractivity contribution in [1.82, 2.24) is 14.8 Å². The van der Waals surface area contributed by atoms with Crippen LogP contribution in [0.5, 0.6) is 0 Å². The van der Waals surface area contributed by atoms with Gasteiger partial charge in [-0.15, -0.1) is 0 Å². The van der Waals surface area contributed by atoms with Crippen LogP contribution in [0.25, 0.3) is 16.9 Å². The highest BCUT2D eigenvalue weighted by molar-refractivity contribution is 5.60. The molecule has 0 aliphatic heterocycles. The van der Waals surface area contributed by atoms with Crippen LogP contribution in [0.2, 0.25) is 0 Å². The monoisotopic (exact) mass is 389 g/mol. The molecule has 0 atom stereocenters. The maximum Gasteiger partial charge on any atom is 0.135 e. The van der Waals surface area contributed by atoms with Gasteiger partial charge in [0.25, 0.3) is 0 Å². The van der Waals surface area contributed by atoms with Crippen LogP contribution in [0.4, 0.5) is 8.78 Å². The van der Waals surface area contributed by atoms with Crippen LogP contribution in [0.1, 0.15) is 30.8 Å². The molecule has 0 N–H and O–H groups in total. The predicted octanol–water partition coefficient (Wildman–Crippen LogP) is 5.85. The molecule has 5 heteroatoms. The van der Waals surface area contributed by atoms with Crippen molar-refractivity contribution in [2.24, 2.45) is 0 Å². The summed E-state index contributed by atoms with van der Waals surface area (Å²) in [6.07, 6.45) is 1.93. The Balaban J connectivity index is 1.71. The molecule has 0 aliphatic rings. The van der Waals surface area contributed by atoms with Gasteiger partial charge in [0.1, 0.15) is 11.6 Å². The summed E-state index contributed by atoms with van der Waals surface area (Å²) in [5.74, 6) is -1.24. The molecular weight excluding hydrogens is 368 g/mol. The first-order valence-corrected chi connectivity index (χ1v) is 9.41. The van der Waals surface area contributed by atoms with Crippen LogP contribution >= 0.6 is 0 Å². The number of rotatable bonds is 4. The van der Waals surface area contributed by atoms with E-state index < -0.39 is 17.0 Å². The van der Waals surface area contributed by atoms with E-state index in [0.717, 1.165) is 28.7 Å². The van der Waals surface area contributed by atoms with Gasteiger partial charge in [0.2, 0.25) is 0 Å². The predicted molar refractivity (Wildman–Crippen MR) is 110 cm³/mol. The van der Waals surface area contributed by atoms with Crippen molar-refractivity contribution in [3.05, 3.63) is 102 Å². The molecule has 0 amide bonds. The fourth-order valence-corrected chi connectivity index (χ4v) is 3.33. The van der Waals surface area contributed by atoms with Gasteiger partial charge >= 0.3 is 0 Å². The second kappa shape index (κ2) is 7.24. The molecule has 2 aromatic carbocycles. The molecule has 0 radical (unpaired) electrons. The highest BCUT2D eigenvalue weighted by atomic mass is 19.1. The first-order valence-electron chi connectivity index (χ1n) is 9.41. The summed E-state index contributed by atoms with van der Waals surface area (Å²) in [7, 11) is 0. The van der Waals surface area contributed by atoms with E-state index in [1.807, 2.05) is 68.0 Å². The normalized spacial score (nSPS) is 11.6. The summed E-state index contributed by atoms with van der Waals surface area (Å²) in [5, 5.41) is 4.75. The quantitative estimate of drug-likeness (QED) is 0.438. The number of benzene rings is 2. The molecule has 146 valence electrons. The highest BCUT2D eigenvalue weighted by Crippen LogP contribution is 2.31. The topological polar surface area (TPSA) is 30.7 Å². The number of halogens is 2. The zero-order chi connectivity index (χ0) is 20.6. The summed E-state index contributed by atoms with van der Waals surface area (Å²) in [6, 6.07) is 19.1. The van der Waals surface area contributed by atoms with Gasteiger partial charge in [0.15, 0.2) is 0 Å². The van der Waals surface area contributed by atoms with Crippen molar-refractivity contribution in [2.75, 3.05) is 0 Å². The van der Waals surface area contributed by atoms with Gasteiger partial charge < -0.3 is 0 Å².